The molecule has 1 N–H and O–H groups in total. The number of imidazole rings is 1. The van der Waals surface area contributed by atoms with Crippen LogP contribution in [0.4, 0.5) is 0 Å². The molecule has 3 heteroatoms. The first-order valence-corrected chi connectivity index (χ1v) is 6.49. The predicted molar refractivity (Wildman–Crippen MR) is 74.5 cm³/mol. The molecule has 0 radical (unpaired) electrons. The lowest BCUT2D eigenvalue weighted by Gasteiger charge is -2.26. The van der Waals surface area contributed by atoms with Crippen molar-refractivity contribution in [3.8, 4) is 0 Å². The normalized spacial score (nSPS) is 14.4. The summed E-state index contributed by atoms with van der Waals surface area (Å²) in [7, 11) is 0. The third kappa shape index (κ3) is 2.79. The van der Waals surface area contributed by atoms with E-state index in [9.17, 15) is 0 Å². The zero-order valence-electron chi connectivity index (χ0n) is 11.3. The molecule has 0 saturated carbocycles. The standard InChI is InChI=1S/C15H21N3/c1-4-17-15(13(3)18-10-9-16-11-18)14-7-5-12(2)6-8-14/h5-11,13,15,17H,4H2,1-3H3. The van der Waals surface area contributed by atoms with Crippen LogP contribution in [-0.4, -0.2) is 16.1 Å². The quantitative estimate of drug-likeness (QED) is 0.874. The van der Waals surface area contributed by atoms with Crippen LogP contribution in [0.15, 0.2) is 43.0 Å². The fraction of sp³-hybridized carbons (Fsp3) is 0.400. The highest BCUT2D eigenvalue weighted by molar-refractivity contribution is 5.25. The van der Waals surface area contributed by atoms with Crippen LogP contribution < -0.4 is 5.32 Å². The van der Waals surface area contributed by atoms with Crippen LogP contribution in [-0.2, 0) is 0 Å². The van der Waals surface area contributed by atoms with Crippen LogP contribution in [0.2, 0.25) is 0 Å². The van der Waals surface area contributed by atoms with Crippen molar-refractivity contribution in [2.24, 2.45) is 0 Å². The van der Waals surface area contributed by atoms with E-state index in [1.807, 2.05) is 18.7 Å². The molecule has 2 rings (SSSR count). The Balaban J connectivity index is 2.25. The smallest absolute Gasteiger partial charge is 0.0949 e. The topological polar surface area (TPSA) is 29.9 Å². The van der Waals surface area contributed by atoms with Crippen molar-refractivity contribution in [2.75, 3.05) is 6.54 Å². The maximum atomic E-state index is 4.13. The van der Waals surface area contributed by atoms with Crippen molar-refractivity contribution in [3.63, 3.8) is 0 Å². The average Bonchev–Trinajstić information content (AvgIpc) is 2.90. The van der Waals surface area contributed by atoms with Crippen molar-refractivity contribution >= 4 is 0 Å². The Labute approximate surface area is 109 Å². The zero-order valence-corrected chi connectivity index (χ0v) is 11.3. The molecule has 2 unspecified atom stereocenters. The molecule has 3 nitrogen and oxygen atoms in total. The van der Waals surface area contributed by atoms with Gasteiger partial charge in [-0.2, -0.15) is 0 Å². The fourth-order valence-electron chi connectivity index (χ4n) is 2.24. The fourth-order valence-corrected chi connectivity index (χ4v) is 2.24. The van der Waals surface area contributed by atoms with E-state index in [2.05, 4.69) is 59.9 Å². The van der Waals surface area contributed by atoms with Gasteiger partial charge in [0, 0.05) is 12.4 Å². The number of aromatic nitrogens is 2. The van der Waals surface area contributed by atoms with E-state index in [-0.39, 0.29) is 0 Å². The second-order valence-corrected chi connectivity index (χ2v) is 4.70. The van der Waals surface area contributed by atoms with Crippen LogP contribution in [0.1, 0.15) is 37.1 Å². The maximum absolute atomic E-state index is 4.13. The van der Waals surface area contributed by atoms with Gasteiger partial charge >= 0.3 is 0 Å². The lowest BCUT2D eigenvalue weighted by molar-refractivity contribution is 0.385. The maximum Gasteiger partial charge on any atom is 0.0949 e. The minimum absolute atomic E-state index is 0.310. The zero-order chi connectivity index (χ0) is 13.0. The Morgan fingerprint density at radius 1 is 1.28 bits per heavy atom. The largest absolute Gasteiger partial charge is 0.333 e. The van der Waals surface area contributed by atoms with Gasteiger partial charge in [-0.3, -0.25) is 0 Å². The molecule has 18 heavy (non-hydrogen) atoms. The molecule has 1 heterocycles. The first kappa shape index (κ1) is 12.8. The lowest BCUT2D eigenvalue weighted by atomic mass is 9.99. The molecule has 0 spiro atoms. The Bertz CT molecular complexity index is 459. The van der Waals surface area contributed by atoms with Crippen LogP contribution in [0.25, 0.3) is 0 Å². The van der Waals surface area contributed by atoms with Crippen molar-refractivity contribution in [3.05, 3.63) is 54.1 Å². The van der Waals surface area contributed by atoms with E-state index in [1.165, 1.54) is 11.1 Å². The van der Waals surface area contributed by atoms with Gasteiger partial charge in [0.25, 0.3) is 0 Å². The Morgan fingerprint density at radius 3 is 2.56 bits per heavy atom. The molecule has 96 valence electrons. The van der Waals surface area contributed by atoms with Gasteiger partial charge in [0.15, 0.2) is 0 Å². The first-order chi connectivity index (χ1) is 8.72. The summed E-state index contributed by atoms with van der Waals surface area (Å²) in [6, 6.07) is 9.40. The van der Waals surface area contributed by atoms with Gasteiger partial charge in [-0.05, 0) is 26.0 Å². The van der Waals surface area contributed by atoms with Gasteiger partial charge in [0.1, 0.15) is 0 Å². The van der Waals surface area contributed by atoms with Crippen LogP contribution in [0.5, 0.6) is 0 Å². The van der Waals surface area contributed by atoms with Crippen molar-refractivity contribution in [1.82, 2.24) is 14.9 Å². The average molecular weight is 243 g/mol. The van der Waals surface area contributed by atoms with Gasteiger partial charge in [-0.15, -0.1) is 0 Å². The summed E-state index contributed by atoms with van der Waals surface area (Å²) in [6.07, 6.45) is 5.72. The van der Waals surface area contributed by atoms with E-state index in [0.717, 1.165) is 6.54 Å². The Hall–Kier alpha value is -1.61. The molecule has 2 aromatic rings. The summed E-state index contributed by atoms with van der Waals surface area (Å²) < 4.78 is 2.15. The molecule has 0 aliphatic rings. The van der Waals surface area contributed by atoms with Crippen molar-refractivity contribution in [2.45, 2.75) is 32.9 Å². The number of aryl methyl sites for hydroxylation is 1. The third-order valence-corrected chi connectivity index (χ3v) is 3.34. The molecule has 0 amide bonds. The van der Waals surface area contributed by atoms with Gasteiger partial charge < -0.3 is 9.88 Å². The molecular weight excluding hydrogens is 222 g/mol. The van der Waals surface area contributed by atoms with Crippen LogP contribution >= 0.6 is 0 Å². The minimum atomic E-state index is 0.310. The number of benzene rings is 1. The SMILES string of the molecule is CCNC(c1ccc(C)cc1)C(C)n1ccnc1. The van der Waals surface area contributed by atoms with Crippen molar-refractivity contribution < 1.29 is 0 Å². The molecule has 1 aromatic carbocycles. The molecule has 0 saturated heterocycles. The molecular formula is C15H21N3. The molecule has 0 aliphatic carbocycles. The number of likely N-dealkylation sites (N-methyl/N-ethyl adjacent to an activating group) is 1. The Kier molecular flexibility index (Phi) is 4.15. The number of hydrogen-bond donors (Lipinski definition) is 1. The monoisotopic (exact) mass is 243 g/mol. The Morgan fingerprint density at radius 2 is 2.00 bits per heavy atom. The van der Waals surface area contributed by atoms with E-state index in [4.69, 9.17) is 0 Å². The van der Waals surface area contributed by atoms with Crippen LogP contribution in [0, 0.1) is 6.92 Å². The number of nitrogens with one attached hydrogen (secondary N) is 1. The minimum Gasteiger partial charge on any atom is -0.333 e. The molecule has 0 bridgehead atoms. The number of hydrogen-bond acceptors (Lipinski definition) is 2. The second kappa shape index (κ2) is 5.83. The highest BCUT2D eigenvalue weighted by Gasteiger charge is 2.19. The number of nitrogens with zero attached hydrogens (tertiary/aromatic N) is 2. The van der Waals surface area contributed by atoms with Crippen LogP contribution in [0.3, 0.4) is 0 Å². The van der Waals surface area contributed by atoms with E-state index < -0.39 is 0 Å². The molecule has 1 aromatic heterocycles. The highest BCUT2D eigenvalue weighted by Crippen LogP contribution is 2.26. The van der Waals surface area contributed by atoms with E-state index in [1.54, 1.807) is 0 Å². The van der Waals surface area contributed by atoms with Gasteiger partial charge in [-0.1, -0.05) is 36.8 Å². The summed E-state index contributed by atoms with van der Waals surface area (Å²) in [5, 5.41) is 3.56. The first-order valence-electron chi connectivity index (χ1n) is 6.49. The molecule has 2 atom stereocenters. The van der Waals surface area contributed by atoms with E-state index in [0.29, 0.717) is 12.1 Å². The van der Waals surface area contributed by atoms with Gasteiger partial charge in [-0.25, -0.2) is 4.98 Å². The summed E-state index contributed by atoms with van der Waals surface area (Å²) in [4.78, 5) is 4.13. The predicted octanol–water partition coefficient (Wildman–Crippen LogP) is 3.10. The summed E-state index contributed by atoms with van der Waals surface area (Å²) in [6.45, 7) is 7.43. The summed E-state index contributed by atoms with van der Waals surface area (Å²) in [5.41, 5.74) is 2.62. The van der Waals surface area contributed by atoms with Crippen molar-refractivity contribution in [1.29, 1.82) is 0 Å². The molecule has 0 aliphatic heterocycles. The highest BCUT2D eigenvalue weighted by atomic mass is 15.1. The third-order valence-electron chi connectivity index (χ3n) is 3.34. The second-order valence-electron chi connectivity index (χ2n) is 4.70. The van der Waals surface area contributed by atoms with E-state index >= 15 is 0 Å². The van der Waals surface area contributed by atoms with Gasteiger partial charge in [0.05, 0.1) is 18.4 Å². The molecule has 0 fully saturated rings. The summed E-state index contributed by atoms with van der Waals surface area (Å²) in [5.74, 6) is 0. The summed E-state index contributed by atoms with van der Waals surface area (Å²) >= 11 is 0. The number of rotatable bonds is 5. The lowest BCUT2D eigenvalue weighted by Crippen LogP contribution is -2.28. The van der Waals surface area contributed by atoms with Gasteiger partial charge in [0.2, 0.25) is 0 Å².